The molecule has 1 aliphatic heterocycles. The van der Waals surface area contributed by atoms with Gasteiger partial charge in [0.1, 0.15) is 13.1 Å². The molecule has 0 amide bonds. The zero-order chi connectivity index (χ0) is 15.1. The molecule has 1 heterocycles. The lowest BCUT2D eigenvalue weighted by molar-refractivity contribution is -0.928. The fraction of sp³-hybridized carbons (Fsp3) is 0.467. The summed E-state index contributed by atoms with van der Waals surface area (Å²) >= 11 is 5.08. The van der Waals surface area contributed by atoms with Gasteiger partial charge in [0.2, 0.25) is 0 Å². The third kappa shape index (κ3) is 4.49. The Hall–Kier alpha value is -1.50. The van der Waals surface area contributed by atoms with E-state index in [0.29, 0.717) is 5.11 Å². The van der Waals surface area contributed by atoms with Gasteiger partial charge in [-0.05, 0) is 19.1 Å². The van der Waals surface area contributed by atoms with Crippen molar-refractivity contribution < 1.29 is 9.64 Å². The summed E-state index contributed by atoms with van der Waals surface area (Å²) in [5.41, 5.74) is 5.18. The maximum Gasteiger partial charge on any atom is 0.186 e. The van der Waals surface area contributed by atoms with E-state index in [1.165, 1.54) is 10.5 Å². The van der Waals surface area contributed by atoms with Crippen LogP contribution >= 0.6 is 12.2 Å². The van der Waals surface area contributed by atoms with Crippen molar-refractivity contribution in [1.82, 2.24) is 10.7 Å². The minimum absolute atomic E-state index is 0.224. The largest absolute Gasteiger partial charge is 0.370 e. The Balaban J connectivity index is 2.20. The summed E-state index contributed by atoms with van der Waals surface area (Å²) in [4.78, 5) is 1.48. The second-order valence-electron chi connectivity index (χ2n) is 5.06. The van der Waals surface area contributed by atoms with Gasteiger partial charge < -0.3 is 15.0 Å². The first-order valence-corrected chi connectivity index (χ1v) is 7.62. The average molecular weight is 307 g/mol. The van der Waals surface area contributed by atoms with Gasteiger partial charge in [0.05, 0.1) is 18.9 Å². The number of ether oxygens (including phenoxy) is 1. The van der Waals surface area contributed by atoms with Crippen LogP contribution < -0.4 is 15.6 Å². The molecule has 1 aromatic rings. The van der Waals surface area contributed by atoms with Crippen LogP contribution in [0.2, 0.25) is 0 Å². The SMILES string of the molecule is CNC(=S)N/N=C(/C)[C@H](c1ccccc1)[NH+]1CCOCC1. The van der Waals surface area contributed by atoms with Crippen molar-refractivity contribution in [3.63, 3.8) is 0 Å². The predicted octanol–water partition coefficient (Wildman–Crippen LogP) is 0.113. The molecule has 0 spiro atoms. The standard InChI is InChI=1S/C15H22N4OS/c1-12(17-18-15(21)16-2)14(13-6-4-3-5-7-13)19-8-10-20-11-9-19/h3-7,14H,8-11H2,1-2H3,(H2,16,18,21)/p+1/b17-12-/t14-/m1/s1. The van der Waals surface area contributed by atoms with E-state index in [1.807, 2.05) is 13.0 Å². The molecule has 0 aromatic heterocycles. The highest BCUT2D eigenvalue weighted by molar-refractivity contribution is 7.80. The average Bonchev–Trinajstić information content (AvgIpc) is 2.55. The number of hydrogen-bond acceptors (Lipinski definition) is 3. The van der Waals surface area contributed by atoms with Gasteiger partial charge in [0.15, 0.2) is 11.2 Å². The molecule has 2 rings (SSSR count). The quantitative estimate of drug-likeness (QED) is 0.420. The Morgan fingerprint density at radius 2 is 1.95 bits per heavy atom. The number of morpholine rings is 1. The molecule has 0 bridgehead atoms. The Labute approximate surface area is 131 Å². The van der Waals surface area contributed by atoms with Crippen molar-refractivity contribution in [2.45, 2.75) is 13.0 Å². The highest BCUT2D eigenvalue weighted by atomic mass is 32.1. The van der Waals surface area contributed by atoms with Crippen molar-refractivity contribution in [3.05, 3.63) is 35.9 Å². The van der Waals surface area contributed by atoms with Gasteiger partial charge in [-0.1, -0.05) is 30.3 Å². The number of thiocarbonyl (C=S) groups is 1. The molecule has 1 saturated heterocycles. The van der Waals surface area contributed by atoms with Crippen LogP contribution in [0.5, 0.6) is 0 Å². The van der Waals surface area contributed by atoms with Crippen molar-refractivity contribution in [2.75, 3.05) is 33.4 Å². The highest BCUT2D eigenvalue weighted by Crippen LogP contribution is 2.11. The summed E-state index contributed by atoms with van der Waals surface area (Å²) in [6, 6.07) is 10.7. The van der Waals surface area contributed by atoms with Crippen LogP contribution in [0, 0.1) is 0 Å². The maximum absolute atomic E-state index is 5.47. The Morgan fingerprint density at radius 1 is 1.29 bits per heavy atom. The van der Waals surface area contributed by atoms with Crippen molar-refractivity contribution in [2.24, 2.45) is 5.10 Å². The van der Waals surface area contributed by atoms with Crippen LogP contribution in [0.25, 0.3) is 0 Å². The number of nitrogens with one attached hydrogen (secondary N) is 3. The molecule has 0 aliphatic carbocycles. The molecule has 0 saturated carbocycles. The van der Waals surface area contributed by atoms with Gasteiger partial charge >= 0.3 is 0 Å². The molecule has 1 aliphatic rings. The van der Waals surface area contributed by atoms with Crippen LogP contribution in [0.15, 0.2) is 35.4 Å². The minimum Gasteiger partial charge on any atom is -0.370 e. The fourth-order valence-electron chi connectivity index (χ4n) is 2.60. The van der Waals surface area contributed by atoms with E-state index in [4.69, 9.17) is 17.0 Å². The lowest BCUT2D eigenvalue weighted by Crippen LogP contribution is -3.15. The summed E-state index contributed by atoms with van der Waals surface area (Å²) in [6.07, 6.45) is 0. The Bertz CT molecular complexity index is 486. The molecule has 114 valence electrons. The maximum atomic E-state index is 5.47. The van der Waals surface area contributed by atoms with E-state index in [2.05, 4.69) is 40.1 Å². The molecule has 0 radical (unpaired) electrons. The second kappa shape index (κ2) is 8.07. The van der Waals surface area contributed by atoms with Crippen molar-refractivity contribution in [1.29, 1.82) is 0 Å². The van der Waals surface area contributed by atoms with Gasteiger partial charge in [-0.25, -0.2) is 0 Å². The van der Waals surface area contributed by atoms with E-state index in [0.717, 1.165) is 32.0 Å². The van der Waals surface area contributed by atoms with Crippen molar-refractivity contribution >= 4 is 23.0 Å². The van der Waals surface area contributed by atoms with Gasteiger partial charge in [-0.2, -0.15) is 5.10 Å². The first-order valence-electron chi connectivity index (χ1n) is 7.21. The lowest BCUT2D eigenvalue weighted by atomic mass is 10.0. The number of benzene rings is 1. The van der Waals surface area contributed by atoms with Gasteiger partial charge in [-0.3, -0.25) is 5.43 Å². The monoisotopic (exact) mass is 307 g/mol. The first-order chi connectivity index (χ1) is 10.2. The van der Waals surface area contributed by atoms with Gasteiger partial charge in [0.25, 0.3) is 0 Å². The number of quaternary nitrogens is 1. The number of rotatable bonds is 4. The summed E-state index contributed by atoms with van der Waals surface area (Å²) in [5.74, 6) is 0. The second-order valence-corrected chi connectivity index (χ2v) is 5.47. The van der Waals surface area contributed by atoms with Gasteiger partial charge in [-0.15, -0.1) is 0 Å². The third-order valence-electron chi connectivity index (χ3n) is 3.65. The summed E-state index contributed by atoms with van der Waals surface area (Å²) < 4.78 is 5.47. The third-order valence-corrected chi connectivity index (χ3v) is 3.95. The molecule has 1 atom stereocenters. The molecular weight excluding hydrogens is 284 g/mol. The zero-order valence-corrected chi connectivity index (χ0v) is 13.4. The van der Waals surface area contributed by atoms with Crippen LogP contribution in [0.3, 0.4) is 0 Å². The number of hydrogen-bond donors (Lipinski definition) is 3. The smallest absolute Gasteiger partial charge is 0.186 e. The van der Waals surface area contributed by atoms with Gasteiger partial charge in [0, 0.05) is 12.6 Å². The number of hydrazone groups is 1. The van der Waals surface area contributed by atoms with Crippen LogP contribution in [0.1, 0.15) is 18.5 Å². The van der Waals surface area contributed by atoms with E-state index in [9.17, 15) is 0 Å². The molecule has 3 N–H and O–H groups in total. The van der Waals surface area contributed by atoms with E-state index < -0.39 is 0 Å². The molecule has 6 heteroatoms. The molecule has 21 heavy (non-hydrogen) atoms. The highest BCUT2D eigenvalue weighted by Gasteiger charge is 2.28. The zero-order valence-electron chi connectivity index (χ0n) is 12.6. The summed E-state index contributed by atoms with van der Waals surface area (Å²) in [6.45, 7) is 5.62. The number of nitrogens with zero attached hydrogens (tertiary/aromatic N) is 1. The summed E-state index contributed by atoms with van der Waals surface area (Å²) in [5, 5.41) is 7.84. The van der Waals surface area contributed by atoms with Crippen molar-refractivity contribution in [3.8, 4) is 0 Å². The van der Waals surface area contributed by atoms with Crippen LogP contribution in [0.4, 0.5) is 0 Å². The normalized spacial score (nSPS) is 18.1. The van der Waals surface area contributed by atoms with E-state index in [-0.39, 0.29) is 6.04 Å². The molecular formula is C15H23N4OS+. The molecule has 5 nitrogen and oxygen atoms in total. The van der Waals surface area contributed by atoms with Crippen LogP contribution in [-0.4, -0.2) is 44.2 Å². The summed E-state index contributed by atoms with van der Waals surface area (Å²) in [7, 11) is 1.78. The lowest BCUT2D eigenvalue weighted by Gasteiger charge is -2.31. The topological polar surface area (TPSA) is 50.1 Å². The Kier molecular flexibility index (Phi) is 6.10. The minimum atomic E-state index is 0.224. The first kappa shape index (κ1) is 15.9. The van der Waals surface area contributed by atoms with E-state index in [1.54, 1.807) is 7.05 Å². The van der Waals surface area contributed by atoms with Crippen LogP contribution in [-0.2, 0) is 4.74 Å². The van der Waals surface area contributed by atoms with E-state index >= 15 is 0 Å². The fourth-order valence-corrected chi connectivity index (χ4v) is 2.65. The predicted molar refractivity (Wildman–Crippen MR) is 88.6 cm³/mol. The Morgan fingerprint density at radius 3 is 2.57 bits per heavy atom. The molecule has 1 fully saturated rings. The molecule has 1 aromatic carbocycles. The molecule has 0 unspecified atom stereocenters.